The number of fused-ring (bicyclic) bond motifs is 2. The van der Waals surface area contributed by atoms with Crippen LogP contribution in [-0.2, 0) is 6.54 Å². The molecular formula is C24H20Cl2N2OS. The predicted octanol–water partition coefficient (Wildman–Crippen LogP) is 7.31. The fraction of sp³-hybridized carbons (Fsp3) is 0.167. The maximum atomic E-state index is 12.7. The van der Waals surface area contributed by atoms with Crippen molar-refractivity contribution in [2.24, 2.45) is 4.99 Å². The lowest BCUT2D eigenvalue weighted by Crippen LogP contribution is -2.22. The number of aliphatic imine (C=N–C) groups is 1. The summed E-state index contributed by atoms with van der Waals surface area (Å²) in [7, 11) is 0. The van der Waals surface area contributed by atoms with Crippen molar-refractivity contribution in [3.8, 4) is 0 Å². The third-order valence-corrected chi connectivity index (χ3v) is 6.58. The van der Waals surface area contributed by atoms with Crippen molar-refractivity contribution in [3.05, 3.63) is 87.4 Å². The van der Waals surface area contributed by atoms with Gasteiger partial charge in [0.1, 0.15) is 0 Å². The van der Waals surface area contributed by atoms with Crippen LogP contribution in [0.1, 0.15) is 41.3 Å². The van der Waals surface area contributed by atoms with E-state index in [2.05, 4.69) is 12.2 Å². The maximum Gasteiger partial charge on any atom is 0.251 e. The van der Waals surface area contributed by atoms with Crippen molar-refractivity contribution in [3.63, 3.8) is 0 Å². The molecule has 0 aliphatic carbocycles. The highest BCUT2D eigenvalue weighted by molar-refractivity contribution is 7.99. The van der Waals surface area contributed by atoms with Crippen LogP contribution in [0.3, 0.4) is 0 Å². The molecule has 3 aromatic carbocycles. The van der Waals surface area contributed by atoms with Gasteiger partial charge in [0.2, 0.25) is 0 Å². The highest BCUT2D eigenvalue weighted by Gasteiger charge is 2.19. The zero-order valence-electron chi connectivity index (χ0n) is 16.4. The van der Waals surface area contributed by atoms with E-state index in [4.69, 9.17) is 28.2 Å². The Morgan fingerprint density at radius 1 is 1.03 bits per heavy atom. The molecule has 1 heterocycles. The topological polar surface area (TPSA) is 41.5 Å². The number of halogens is 2. The van der Waals surface area contributed by atoms with Crippen molar-refractivity contribution in [2.75, 3.05) is 0 Å². The van der Waals surface area contributed by atoms with Crippen LogP contribution in [0.2, 0.25) is 10.0 Å². The van der Waals surface area contributed by atoms with E-state index in [0.29, 0.717) is 22.2 Å². The number of hydrogen-bond donors (Lipinski definition) is 1. The van der Waals surface area contributed by atoms with Crippen LogP contribution >= 0.6 is 35.0 Å². The Hall–Kier alpha value is -2.27. The number of nitrogens with one attached hydrogen (secondary N) is 1. The molecule has 30 heavy (non-hydrogen) atoms. The fourth-order valence-corrected chi connectivity index (χ4v) is 4.70. The molecule has 3 nitrogen and oxygen atoms in total. The summed E-state index contributed by atoms with van der Waals surface area (Å²) < 4.78 is 0. The summed E-state index contributed by atoms with van der Waals surface area (Å²) >= 11 is 14.1. The van der Waals surface area contributed by atoms with Gasteiger partial charge in [0.25, 0.3) is 5.91 Å². The average Bonchev–Trinajstić information content (AvgIpc) is 2.89. The van der Waals surface area contributed by atoms with Gasteiger partial charge in [0.05, 0.1) is 5.69 Å². The Morgan fingerprint density at radius 2 is 1.83 bits per heavy atom. The van der Waals surface area contributed by atoms with Crippen molar-refractivity contribution < 1.29 is 4.79 Å². The first-order chi connectivity index (χ1) is 14.5. The quantitative estimate of drug-likeness (QED) is 0.438. The molecule has 3 aromatic rings. The van der Waals surface area contributed by atoms with Gasteiger partial charge in [-0.1, -0.05) is 66.5 Å². The van der Waals surface area contributed by atoms with Crippen LogP contribution in [0.5, 0.6) is 0 Å². The molecule has 0 saturated carbocycles. The van der Waals surface area contributed by atoms with Gasteiger partial charge in [-0.15, -0.1) is 0 Å². The van der Waals surface area contributed by atoms with Gasteiger partial charge in [-0.25, -0.2) is 0 Å². The molecule has 0 radical (unpaired) electrons. The number of carbonyl (C=O) groups is 1. The van der Waals surface area contributed by atoms with E-state index >= 15 is 0 Å². The standard InChI is InChI=1S/C24H20Cl2N2OS/c1-2-5-20-18-13-17(25)9-11-22(18)30-23-10-8-15(12-21(23)28-20)24(29)27-14-16-6-3-4-7-19(16)26/h3-4,6-13H,2,5,14H2,1H3,(H,27,29). The lowest BCUT2D eigenvalue weighted by molar-refractivity contribution is 0.0951. The summed E-state index contributed by atoms with van der Waals surface area (Å²) in [6.45, 7) is 2.50. The molecule has 0 unspecified atom stereocenters. The van der Waals surface area contributed by atoms with Gasteiger partial charge in [0.15, 0.2) is 0 Å². The molecule has 0 spiro atoms. The van der Waals surface area contributed by atoms with Gasteiger partial charge in [-0.2, -0.15) is 0 Å². The van der Waals surface area contributed by atoms with Crippen molar-refractivity contribution in [2.45, 2.75) is 36.1 Å². The Balaban J connectivity index is 1.63. The normalized spacial score (nSPS) is 12.4. The zero-order valence-corrected chi connectivity index (χ0v) is 18.7. The summed E-state index contributed by atoms with van der Waals surface area (Å²) in [6.07, 6.45) is 1.82. The monoisotopic (exact) mass is 454 g/mol. The zero-order chi connectivity index (χ0) is 21.1. The van der Waals surface area contributed by atoms with Crippen LogP contribution in [-0.4, -0.2) is 11.6 Å². The van der Waals surface area contributed by atoms with E-state index in [1.807, 2.05) is 60.7 Å². The summed E-state index contributed by atoms with van der Waals surface area (Å²) in [5.74, 6) is -0.153. The molecular weight excluding hydrogens is 435 g/mol. The van der Waals surface area contributed by atoms with E-state index in [-0.39, 0.29) is 5.91 Å². The molecule has 0 aromatic heterocycles. The SMILES string of the molecule is CCCC1=Nc2cc(C(=O)NCc3ccccc3Cl)ccc2Sc2ccc(Cl)cc21. The number of benzene rings is 3. The highest BCUT2D eigenvalue weighted by atomic mass is 35.5. The van der Waals surface area contributed by atoms with Crippen molar-refractivity contribution >= 4 is 52.3 Å². The van der Waals surface area contributed by atoms with Crippen LogP contribution in [0.15, 0.2) is 75.4 Å². The van der Waals surface area contributed by atoms with Gasteiger partial charge in [0, 0.05) is 43.2 Å². The van der Waals surface area contributed by atoms with Crippen molar-refractivity contribution in [1.29, 1.82) is 0 Å². The summed E-state index contributed by atoms with van der Waals surface area (Å²) in [6, 6.07) is 19.1. The first-order valence-corrected chi connectivity index (χ1v) is 11.3. The number of rotatable bonds is 5. The first kappa shape index (κ1) is 21.0. The van der Waals surface area contributed by atoms with E-state index in [9.17, 15) is 4.79 Å². The molecule has 1 aliphatic rings. The number of hydrogen-bond acceptors (Lipinski definition) is 3. The van der Waals surface area contributed by atoms with E-state index < -0.39 is 0 Å². The number of nitrogens with zero attached hydrogens (tertiary/aromatic N) is 1. The molecule has 0 atom stereocenters. The maximum absolute atomic E-state index is 12.7. The first-order valence-electron chi connectivity index (χ1n) is 9.76. The second-order valence-corrected chi connectivity index (χ2v) is 8.94. The third kappa shape index (κ3) is 4.56. The van der Waals surface area contributed by atoms with Crippen LogP contribution in [0, 0.1) is 0 Å². The van der Waals surface area contributed by atoms with E-state index in [0.717, 1.165) is 45.2 Å². The second-order valence-electron chi connectivity index (χ2n) is 7.01. The molecule has 1 N–H and O–H groups in total. The largest absolute Gasteiger partial charge is 0.348 e. The minimum Gasteiger partial charge on any atom is -0.348 e. The number of amides is 1. The highest BCUT2D eigenvalue weighted by Crippen LogP contribution is 2.42. The van der Waals surface area contributed by atoms with Gasteiger partial charge in [-0.3, -0.25) is 9.79 Å². The Bertz CT molecular complexity index is 1140. The minimum absolute atomic E-state index is 0.153. The summed E-state index contributed by atoms with van der Waals surface area (Å²) in [4.78, 5) is 19.8. The van der Waals surface area contributed by atoms with Crippen LogP contribution in [0.4, 0.5) is 5.69 Å². The Labute approximate surface area is 190 Å². The smallest absolute Gasteiger partial charge is 0.251 e. The van der Waals surface area contributed by atoms with Crippen molar-refractivity contribution in [1.82, 2.24) is 5.32 Å². The molecule has 152 valence electrons. The summed E-state index contributed by atoms with van der Waals surface area (Å²) in [5.41, 5.74) is 4.32. The van der Waals surface area contributed by atoms with Gasteiger partial charge >= 0.3 is 0 Å². The second kappa shape index (κ2) is 9.25. The molecule has 0 bridgehead atoms. The minimum atomic E-state index is -0.153. The lowest BCUT2D eigenvalue weighted by Gasteiger charge is -2.09. The molecule has 1 aliphatic heterocycles. The van der Waals surface area contributed by atoms with E-state index in [1.165, 1.54) is 0 Å². The third-order valence-electron chi connectivity index (χ3n) is 4.83. The molecule has 4 rings (SSSR count). The Kier molecular flexibility index (Phi) is 6.47. The Morgan fingerprint density at radius 3 is 2.63 bits per heavy atom. The molecule has 0 fully saturated rings. The molecule has 6 heteroatoms. The average molecular weight is 455 g/mol. The van der Waals surface area contributed by atoms with Crippen LogP contribution in [0.25, 0.3) is 0 Å². The molecule has 1 amide bonds. The van der Waals surface area contributed by atoms with Gasteiger partial charge < -0.3 is 5.32 Å². The van der Waals surface area contributed by atoms with Gasteiger partial charge in [-0.05, 0) is 54.4 Å². The molecule has 0 saturated heterocycles. The summed E-state index contributed by atoms with van der Waals surface area (Å²) in [5, 5.41) is 4.28. The van der Waals surface area contributed by atoms with E-state index in [1.54, 1.807) is 11.8 Å². The fourth-order valence-electron chi connectivity index (χ4n) is 3.32. The van der Waals surface area contributed by atoms with Crippen LogP contribution < -0.4 is 5.32 Å². The number of carbonyl (C=O) groups excluding carboxylic acids is 1. The predicted molar refractivity (Wildman–Crippen MR) is 126 cm³/mol. The lowest BCUT2D eigenvalue weighted by atomic mass is 10.1.